The first kappa shape index (κ1) is 62.3. The Hall–Kier alpha value is -4.19. The second-order valence-electron chi connectivity index (χ2n) is 20.0. The van der Waals surface area contributed by atoms with Crippen LogP contribution in [0.4, 0.5) is 0 Å². The monoisotopic (exact) mass is 1100 g/mol. The van der Waals surface area contributed by atoms with Gasteiger partial charge >= 0.3 is 39.0 Å². The van der Waals surface area contributed by atoms with Gasteiger partial charge in [-0.15, -0.1) is 0 Å². The number of aryl methyl sites for hydroxylation is 2. The minimum Gasteiger partial charge on any atom is -0.490 e. The van der Waals surface area contributed by atoms with Crippen molar-refractivity contribution in [2.75, 3.05) is 13.2 Å². The summed E-state index contributed by atoms with van der Waals surface area (Å²) in [5.41, 5.74) is 9.25. The van der Waals surface area contributed by atoms with Gasteiger partial charge < -0.3 is 9.47 Å². The number of aromatic nitrogens is 4. The molecule has 0 radical (unpaired) electrons. The molecule has 8 nitrogen and oxygen atoms in total. The molecule has 0 aliphatic carbocycles. The fraction of sp³-hybridized carbons (Fsp3) is 0.500. The summed E-state index contributed by atoms with van der Waals surface area (Å²) in [7, 11) is 0. The largest absolute Gasteiger partial charge is 2.00 e. The van der Waals surface area contributed by atoms with E-state index in [2.05, 4.69) is 109 Å². The summed E-state index contributed by atoms with van der Waals surface area (Å²) in [6.45, 7) is 9.69. The molecule has 6 rings (SSSR count). The number of ether oxygens (including phenoxy) is 2. The minimum atomic E-state index is 0. The van der Waals surface area contributed by atoms with Crippen molar-refractivity contribution in [1.82, 2.24) is 29.7 Å². The molecule has 0 unspecified atom stereocenters. The van der Waals surface area contributed by atoms with Crippen LogP contribution in [0.15, 0.2) is 134 Å². The number of nitrogens with zero attached hydrogens (tertiary/aromatic N) is 6. The van der Waals surface area contributed by atoms with Gasteiger partial charge in [0.25, 0.3) is 0 Å². The van der Waals surface area contributed by atoms with E-state index in [0.29, 0.717) is 52.5 Å². The van der Waals surface area contributed by atoms with E-state index in [-0.39, 0.29) is 39.0 Å². The van der Waals surface area contributed by atoms with E-state index in [1.54, 1.807) is 0 Å². The first-order valence-electron chi connectivity index (χ1n) is 28.2. The Morgan fingerprint density at radius 2 is 0.635 bits per heavy atom. The molecule has 0 bridgehead atoms. The fourth-order valence-corrected chi connectivity index (χ4v) is 9.74. The van der Waals surface area contributed by atoms with Crippen molar-refractivity contribution >= 4 is 0 Å². The average Bonchev–Trinajstić information content (AvgIpc) is 3.40. The Morgan fingerprint density at radius 3 is 0.919 bits per heavy atom. The van der Waals surface area contributed by atoms with Gasteiger partial charge in [-0.1, -0.05) is 178 Å². The van der Waals surface area contributed by atoms with Crippen molar-refractivity contribution in [2.24, 2.45) is 0 Å². The molecular weight excluding hydrogens is 1020 g/mol. The Bertz CT molecular complexity index is 2050. The maximum atomic E-state index is 6.73. The fourth-order valence-electron chi connectivity index (χ4n) is 9.74. The Morgan fingerprint density at radius 1 is 0.338 bits per heavy atom. The second kappa shape index (κ2) is 39.2. The molecule has 10 heteroatoms. The molecular formula is C64H88N6O2Zn2+4. The number of benzene rings is 2. The number of unbranched alkanes of at least 4 members (excludes halogenated alkanes) is 18. The maximum Gasteiger partial charge on any atom is 2.00 e. The Balaban J connectivity index is 0.00000593. The smallest absolute Gasteiger partial charge is 0.490 e. The molecule has 0 amide bonds. The molecule has 0 N–H and O–H groups in total. The molecule has 6 aromatic rings. The van der Waals surface area contributed by atoms with Crippen LogP contribution in [0, 0.1) is 0 Å². The molecule has 0 saturated carbocycles. The van der Waals surface area contributed by atoms with Crippen LogP contribution in [0.5, 0.6) is 11.5 Å². The zero-order chi connectivity index (χ0) is 49.9. The molecule has 0 saturated heterocycles. The molecule has 2 aromatic carbocycles. The van der Waals surface area contributed by atoms with Crippen molar-refractivity contribution < 1.29 is 48.4 Å². The van der Waals surface area contributed by atoms with Crippen LogP contribution in [-0.4, -0.2) is 42.9 Å². The van der Waals surface area contributed by atoms with Gasteiger partial charge in [0, 0.05) is 75.2 Å². The zero-order valence-electron chi connectivity index (χ0n) is 45.8. The van der Waals surface area contributed by atoms with Gasteiger partial charge in [0.05, 0.1) is 22.8 Å². The number of rotatable bonds is 39. The molecule has 0 aliphatic rings. The van der Waals surface area contributed by atoms with E-state index in [9.17, 15) is 0 Å². The average molecular weight is 1100 g/mol. The van der Waals surface area contributed by atoms with E-state index < -0.39 is 0 Å². The summed E-state index contributed by atoms with van der Waals surface area (Å²) in [5.74, 6) is 1.81. The van der Waals surface area contributed by atoms with Gasteiger partial charge in [0.2, 0.25) is 0 Å². The Kier molecular flexibility index (Phi) is 33.0. The van der Waals surface area contributed by atoms with Crippen molar-refractivity contribution in [1.29, 1.82) is 0 Å². The first-order chi connectivity index (χ1) is 35.6. The molecule has 0 aliphatic heterocycles. The van der Waals surface area contributed by atoms with Crippen molar-refractivity contribution in [3.63, 3.8) is 0 Å². The Labute approximate surface area is 473 Å². The van der Waals surface area contributed by atoms with E-state index in [4.69, 9.17) is 29.4 Å². The van der Waals surface area contributed by atoms with Crippen LogP contribution >= 0.6 is 0 Å². The van der Waals surface area contributed by atoms with E-state index in [1.165, 1.54) is 151 Å². The summed E-state index contributed by atoms with van der Waals surface area (Å²) in [4.78, 5) is 23.7. The molecule has 0 spiro atoms. The van der Waals surface area contributed by atoms with Crippen LogP contribution in [0.2, 0.25) is 0 Å². The number of hydrogen-bond acceptors (Lipinski definition) is 8. The number of pyridine rings is 4. The van der Waals surface area contributed by atoms with Crippen LogP contribution < -0.4 is 9.47 Å². The molecule has 74 heavy (non-hydrogen) atoms. The number of hydrogen-bond donors (Lipinski definition) is 0. The third-order valence-electron chi connectivity index (χ3n) is 13.7. The molecule has 0 fully saturated rings. The molecule has 4 heterocycles. The molecule has 386 valence electrons. The van der Waals surface area contributed by atoms with Gasteiger partial charge in [-0.3, -0.25) is 29.7 Å². The topological polar surface area (TPSA) is 76.5 Å². The van der Waals surface area contributed by atoms with Gasteiger partial charge in [0.1, 0.15) is 24.7 Å². The minimum absolute atomic E-state index is 0. The summed E-state index contributed by atoms with van der Waals surface area (Å²) >= 11 is 0. The van der Waals surface area contributed by atoms with Gasteiger partial charge in [-0.25, -0.2) is 0 Å². The second-order valence-corrected chi connectivity index (χ2v) is 20.0. The normalized spacial score (nSPS) is 11.1. The first-order valence-corrected chi connectivity index (χ1v) is 28.2. The van der Waals surface area contributed by atoms with Crippen molar-refractivity contribution in [3.8, 4) is 11.5 Å². The molecule has 0 atom stereocenters. The van der Waals surface area contributed by atoms with Crippen LogP contribution in [0.25, 0.3) is 0 Å². The maximum absolute atomic E-state index is 6.73. The summed E-state index contributed by atoms with van der Waals surface area (Å²) in [5, 5.41) is 0. The summed E-state index contributed by atoms with van der Waals surface area (Å²) < 4.78 is 13.5. The van der Waals surface area contributed by atoms with Crippen molar-refractivity contribution in [2.45, 2.75) is 194 Å². The van der Waals surface area contributed by atoms with Gasteiger partial charge in [-0.05, 0) is 97.5 Å². The quantitative estimate of drug-likeness (QED) is 0.0279. The van der Waals surface area contributed by atoms with Crippen LogP contribution in [0.1, 0.15) is 187 Å². The standard InChI is InChI=1S/C64H88N6O2.2Zn/c1-3-5-7-9-11-13-15-17-19-21-31-55-37-39-63(57(47-55)49-69(51-59-33-23-27-41-65-59)52-60-34-24-28-42-66-60)71-45-46-72-64-40-38-56(32-22-20-18-16-14-12-10-8-6-4-2)48-58(64)50-70(53-61-35-25-29-43-67-61)54-62-36-26-30-44-68-62;;/h23-30,33-44,47-48H,3-22,31-32,45-46,49-54H2,1-2H3;;/q;2*+2. The van der Waals surface area contributed by atoms with Crippen LogP contribution in [0.3, 0.4) is 0 Å². The third-order valence-corrected chi connectivity index (χ3v) is 13.7. The zero-order valence-corrected chi connectivity index (χ0v) is 51.8. The SMILES string of the molecule is CCCCCCCCCCCCc1ccc(OCCOc2ccc(CCCCCCCCCCCC)cc2CN(Cc2ccccn2)Cc2ccccn2)c(CN(Cc2ccccn2)Cc2ccccn2)c1.[Zn+2].[Zn+2]. The molecule has 4 aromatic heterocycles. The van der Waals surface area contributed by atoms with Gasteiger partial charge in [-0.2, -0.15) is 0 Å². The third kappa shape index (κ3) is 25.6. The summed E-state index contributed by atoms with van der Waals surface area (Å²) in [6.07, 6.45) is 36.4. The van der Waals surface area contributed by atoms with E-state index in [1.807, 2.05) is 49.1 Å². The summed E-state index contributed by atoms with van der Waals surface area (Å²) in [6, 6.07) is 38.3. The van der Waals surface area contributed by atoms with Crippen molar-refractivity contribution in [3.05, 3.63) is 179 Å². The predicted octanol–water partition coefficient (Wildman–Crippen LogP) is 16.1. The predicted molar refractivity (Wildman–Crippen MR) is 298 cm³/mol. The van der Waals surface area contributed by atoms with E-state index >= 15 is 0 Å². The van der Waals surface area contributed by atoms with Gasteiger partial charge in [0.15, 0.2) is 0 Å². The van der Waals surface area contributed by atoms with Crippen LogP contribution in [-0.2, 0) is 91.1 Å². The van der Waals surface area contributed by atoms with E-state index in [0.717, 1.165) is 47.1 Å².